The summed E-state index contributed by atoms with van der Waals surface area (Å²) in [6, 6.07) is 10.2. The first-order valence-electron chi connectivity index (χ1n) is 8.11. The molecule has 1 fully saturated rings. The summed E-state index contributed by atoms with van der Waals surface area (Å²) in [5.41, 5.74) is 2.03. The van der Waals surface area contributed by atoms with Crippen LogP contribution in [0.3, 0.4) is 0 Å². The Morgan fingerprint density at radius 1 is 1.30 bits per heavy atom. The minimum absolute atomic E-state index is 0.0835. The van der Waals surface area contributed by atoms with Crippen molar-refractivity contribution in [1.29, 1.82) is 0 Å². The van der Waals surface area contributed by atoms with E-state index in [2.05, 4.69) is 19.1 Å². The summed E-state index contributed by atoms with van der Waals surface area (Å²) in [7, 11) is 0. The smallest absolute Gasteiger partial charge is 0.302 e. The van der Waals surface area contributed by atoms with E-state index in [1.165, 1.54) is 17.4 Å². The van der Waals surface area contributed by atoms with E-state index < -0.39 is 0 Å². The fourth-order valence-electron chi connectivity index (χ4n) is 3.80. The van der Waals surface area contributed by atoms with Crippen LogP contribution in [0, 0.1) is 5.41 Å². The number of esters is 1. The Balaban J connectivity index is 1.83. The number of ether oxygens (including phenoxy) is 1. The molecule has 1 aromatic rings. The second-order valence-electron chi connectivity index (χ2n) is 6.54. The molecule has 0 N–H and O–H groups in total. The zero-order chi connectivity index (χ0) is 16.4. The number of Topliss-reactive ketones (excluding diaryl/α,β-unsaturated/α-hetero) is 1. The van der Waals surface area contributed by atoms with Gasteiger partial charge in [-0.05, 0) is 31.4 Å². The van der Waals surface area contributed by atoms with Crippen LogP contribution in [0.5, 0.6) is 0 Å². The molecule has 2 unspecified atom stereocenters. The second kappa shape index (κ2) is 6.52. The van der Waals surface area contributed by atoms with Gasteiger partial charge in [0.1, 0.15) is 6.10 Å². The zero-order valence-corrected chi connectivity index (χ0v) is 14.4. The van der Waals surface area contributed by atoms with Gasteiger partial charge in [0.2, 0.25) is 0 Å². The normalized spacial score (nSPS) is 27.0. The predicted octanol–water partition coefficient (Wildman–Crippen LogP) is 4.17. The molecule has 0 amide bonds. The molecule has 0 aromatic heterocycles. The van der Waals surface area contributed by atoms with Crippen molar-refractivity contribution in [2.75, 3.05) is 5.75 Å². The van der Waals surface area contributed by atoms with Gasteiger partial charge in [-0.2, -0.15) is 0 Å². The lowest BCUT2D eigenvalue weighted by Gasteiger charge is -2.36. The molecule has 4 heteroatoms. The minimum atomic E-state index is -0.227. The second-order valence-corrected chi connectivity index (χ2v) is 7.58. The highest BCUT2D eigenvalue weighted by Gasteiger charge is 2.49. The first kappa shape index (κ1) is 16.3. The Labute approximate surface area is 141 Å². The number of rotatable bonds is 4. The molecular weight excluding hydrogens is 308 g/mol. The Bertz CT molecular complexity index is 650. The number of hydrogen-bond acceptors (Lipinski definition) is 4. The quantitative estimate of drug-likeness (QED) is 0.614. The molecule has 23 heavy (non-hydrogen) atoms. The summed E-state index contributed by atoms with van der Waals surface area (Å²) in [6.07, 6.45) is 2.96. The third-order valence-corrected chi connectivity index (χ3v) is 6.10. The monoisotopic (exact) mass is 330 g/mol. The van der Waals surface area contributed by atoms with Crippen LogP contribution in [0.4, 0.5) is 0 Å². The van der Waals surface area contributed by atoms with Gasteiger partial charge in [0.25, 0.3) is 0 Å². The maximum atomic E-state index is 12.5. The van der Waals surface area contributed by atoms with Gasteiger partial charge in [-0.25, -0.2) is 0 Å². The summed E-state index contributed by atoms with van der Waals surface area (Å²) in [4.78, 5) is 25.0. The Hall–Kier alpha value is -1.55. The number of carbonyl (C=O) groups is 2. The van der Waals surface area contributed by atoms with Crippen LogP contribution in [0.15, 0.2) is 46.4 Å². The van der Waals surface area contributed by atoms with Gasteiger partial charge in [0, 0.05) is 35.0 Å². The molecule has 0 heterocycles. The SMILES string of the molecule is CC(=O)OC1CCC2=C(CSc3ccccc3)C(=O)CCC21C. The average Bonchev–Trinajstić information content (AvgIpc) is 2.84. The Morgan fingerprint density at radius 2 is 2.04 bits per heavy atom. The van der Waals surface area contributed by atoms with Crippen molar-refractivity contribution in [3.63, 3.8) is 0 Å². The lowest BCUT2D eigenvalue weighted by molar-refractivity contribution is -0.150. The number of benzene rings is 1. The van der Waals surface area contributed by atoms with Crippen LogP contribution in [0.25, 0.3) is 0 Å². The van der Waals surface area contributed by atoms with E-state index in [-0.39, 0.29) is 23.3 Å². The van der Waals surface area contributed by atoms with Crippen LogP contribution >= 0.6 is 11.8 Å². The average molecular weight is 330 g/mol. The summed E-state index contributed by atoms with van der Waals surface area (Å²) < 4.78 is 5.54. The first-order valence-corrected chi connectivity index (χ1v) is 9.10. The molecule has 1 aromatic carbocycles. The number of fused-ring (bicyclic) bond motifs is 1. The van der Waals surface area contributed by atoms with E-state index in [1.807, 2.05) is 18.2 Å². The standard InChI is InChI=1S/C19H22O3S/c1-13(20)22-18-9-8-16-15(17(21)10-11-19(16,18)2)12-23-14-6-4-3-5-7-14/h3-7,18H,8-12H2,1-2H3. The van der Waals surface area contributed by atoms with E-state index in [0.29, 0.717) is 12.2 Å². The van der Waals surface area contributed by atoms with E-state index in [9.17, 15) is 9.59 Å². The molecule has 1 saturated carbocycles. The molecule has 0 aliphatic heterocycles. The van der Waals surface area contributed by atoms with Gasteiger partial charge in [-0.1, -0.05) is 30.7 Å². The number of hydrogen-bond donors (Lipinski definition) is 0. The van der Waals surface area contributed by atoms with Crippen molar-refractivity contribution in [2.45, 2.75) is 50.5 Å². The molecule has 2 aliphatic carbocycles. The van der Waals surface area contributed by atoms with E-state index in [0.717, 1.165) is 24.8 Å². The molecule has 2 atom stereocenters. The molecule has 3 rings (SSSR count). The highest BCUT2D eigenvalue weighted by atomic mass is 32.2. The van der Waals surface area contributed by atoms with Crippen molar-refractivity contribution in [3.8, 4) is 0 Å². The number of thioether (sulfide) groups is 1. The lowest BCUT2D eigenvalue weighted by Crippen LogP contribution is -2.36. The molecule has 2 aliphatic rings. The maximum Gasteiger partial charge on any atom is 0.302 e. The third kappa shape index (κ3) is 3.23. The lowest BCUT2D eigenvalue weighted by atomic mass is 9.71. The highest BCUT2D eigenvalue weighted by molar-refractivity contribution is 7.99. The van der Waals surface area contributed by atoms with Crippen molar-refractivity contribution in [3.05, 3.63) is 41.5 Å². The summed E-state index contributed by atoms with van der Waals surface area (Å²) in [5, 5.41) is 0. The number of ketones is 1. The maximum absolute atomic E-state index is 12.5. The molecule has 3 nitrogen and oxygen atoms in total. The van der Waals surface area contributed by atoms with Gasteiger partial charge in [-0.3, -0.25) is 9.59 Å². The molecule has 0 spiro atoms. The highest BCUT2D eigenvalue weighted by Crippen LogP contribution is 2.52. The predicted molar refractivity (Wildman–Crippen MR) is 91.3 cm³/mol. The Kier molecular flexibility index (Phi) is 4.62. The molecule has 122 valence electrons. The van der Waals surface area contributed by atoms with Crippen molar-refractivity contribution >= 4 is 23.5 Å². The van der Waals surface area contributed by atoms with Crippen molar-refractivity contribution < 1.29 is 14.3 Å². The van der Waals surface area contributed by atoms with Crippen LogP contribution in [-0.4, -0.2) is 23.6 Å². The Morgan fingerprint density at radius 3 is 2.74 bits per heavy atom. The van der Waals surface area contributed by atoms with Gasteiger partial charge in [0.15, 0.2) is 5.78 Å². The summed E-state index contributed by atoms with van der Waals surface area (Å²) in [5.74, 6) is 0.750. The number of carbonyl (C=O) groups excluding carboxylic acids is 2. The topological polar surface area (TPSA) is 43.4 Å². The van der Waals surface area contributed by atoms with Crippen molar-refractivity contribution in [2.24, 2.45) is 5.41 Å². The van der Waals surface area contributed by atoms with Gasteiger partial charge in [-0.15, -0.1) is 11.8 Å². The summed E-state index contributed by atoms with van der Waals surface area (Å²) >= 11 is 1.71. The molecule has 0 bridgehead atoms. The molecule has 0 radical (unpaired) electrons. The first-order chi connectivity index (χ1) is 11.0. The summed E-state index contributed by atoms with van der Waals surface area (Å²) in [6.45, 7) is 3.62. The van der Waals surface area contributed by atoms with E-state index in [1.54, 1.807) is 11.8 Å². The van der Waals surface area contributed by atoms with Crippen LogP contribution in [-0.2, 0) is 14.3 Å². The van der Waals surface area contributed by atoms with Crippen LogP contribution in [0.1, 0.15) is 39.5 Å². The van der Waals surface area contributed by atoms with Gasteiger partial charge in [0.05, 0.1) is 0 Å². The van der Waals surface area contributed by atoms with E-state index in [4.69, 9.17) is 4.74 Å². The fraction of sp³-hybridized carbons (Fsp3) is 0.474. The third-order valence-electron chi connectivity index (χ3n) is 5.06. The fourth-order valence-corrected chi connectivity index (χ4v) is 4.80. The largest absolute Gasteiger partial charge is 0.462 e. The van der Waals surface area contributed by atoms with Gasteiger partial charge < -0.3 is 4.74 Å². The van der Waals surface area contributed by atoms with Crippen molar-refractivity contribution in [1.82, 2.24) is 0 Å². The van der Waals surface area contributed by atoms with Crippen LogP contribution < -0.4 is 0 Å². The van der Waals surface area contributed by atoms with E-state index >= 15 is 0 Å². The minimum Gasteiger partial charge on any atom is -0.462 e. The zero-order valence-electron chi connectivity index (χ0n) is 13.6. The molecule has 0 saturated heterocycles. The van der Waals surface area contributed by atoms with Crippen LogP contribution in [0.2, 0.25) is 0 Å². The molecular formula is C19H22O3S. The van der Waals surface area contributed by atoms with Gasteiger partial charge >= 0.3 is 5.97 Å².